The number of carbonyl (C=O) groups excluding carboxylic acids is 2. The summed E-state index contributed by atoms with van der Waals surface area (Å²) in [4.78, 5) is 37.5. The molecular weight excluding hydrogens is 278 g/mol. The number of ether oxygens (including phenoxy) is 1. The number of rotatable bonds is 5. The average molecular weight is 299 g/mol. The number of carboxylic acid groups (broad SMARTS) is 1. The van der Waals surface area contributed by atoms with E-state index in [1.54, 1.807) is 6.92 Å². The lowest BCUT2D eigenvalue weighted by molar-refractivity contribution is -0.139. The van der Waals surface area contributed by atoms with Gasteiger partial charge in [0.15, 0.2) is 0 Å². The lowest BCUT2D eigenvalue weighted by Gasteiger charge is -2.34. The minimum absolute atomic E-state index is 0.157. The van der Waals surface area contributed by atoms with E-state index in [9.17, 15) is 14.4 Å². The molecule has 1 aliphatic heterocycles. The Kier molecular flexibility index (Phi) is 6.51. The third kappa shape index (κ3) is 4.97. The maximum Gasteiger partial charge on any atom is 0.409 e. The van der Waals surface area contributed by atoms with Gasteiger partial charge in [-0.3, -0.25) is 0 Å². The molecule has 2 N–H and O–H groups in total. The van der Waals surface area contributed by atoms with E-state index in [1.807, 2.05) is 0 Å². The highest BCUT2D eigenvalue weighted by Gasteiger charge is 2.27. The number of aliphatic carboxylic acids is 1. The van der Waals surface area contributed by atoms with Crippen molar-refractivity contribution in [2.24, 2.45) is 0 Å². The van der Waals surface area contributed by atoms with E-state index < -0.39 is 24.1 Å². The third-order valence-electron chi connectivity index (χ3n) is 3.09. The monoisotopic (exact) mass is 299 g/mol. The molecule has 21 heavy (non-hydrogen) atoms. The van der Waals surface area contributed by atoms with E-state index in [0.29, 0.717) is 32.8 Å². The van der Waals surface area contributed by atoms with Crippen molar-refractivity contribution >= 4 is 18.1 Å². The fourth-order valence-electron chi connectivity index (χ4n) is 1.94. The Morgan fingerprint density at radius 3 is 2.33 bits per heavy atom. The number of nitrogens with one attached hydrogen (secondary N) is 1. The largest absolute Gasteiger partial charge is 0.480 e. The fourth-order valence-corrected chi connectivity index (χ4v) is 1.94. The van der Waals surface area contributed by atoms with Crippen molar-refractivity contribution in [1.29, 1.82) is 0 Å². The molecule has 8 heteroatoms. The van der Waals surface area contributed by atoms with Crippen molar-refractivity contribution in [2.75, 3.05) is 32.8 Å². The highest BCUT2D eigenvalue weighted by atomic mass is 16.6. The molecule has 3 amide bonds. The molecule has 0 aromatic heterocycles. The van der Waals surface area contributed by atoms with Crippen LogP contribution in [0.2, 0.25) is 0 Å². The summed E-state index contributed by atoms with van der Waals surface area (Å²) in [6.07, 6.45) is 1.20. The molecular formula is C13H21N3O5. The Morgan fingerprint density at radius 1 is 1.29 bits per heavy atom. The molecule has 1 unspecified atom stereocenters. The van der Waals surface area contributed by atoms with Gasteiger partial charge in [0.25, 0.3) is 0 Å². The van der Waals surface area contributed by atoms with Gasteiger partial charge < -0.3 is 25.0 Å². The highest BCUT2D eigenvalue weighted by Crippen LogP contribution is 2.05. The molecule has 1 heterocycles. The molecule has 0 aromatic rings. The second kappa shape index (κ2) is 8.13. The van der Waals surface area contributed by atoms with Crippen molar-refractivity contribution in [3.8, 4) is 0 Å². The molecule has 0 aromatic carbocycles. The summed E-state index contributed by atoms with van der Waals surface area (Å²) < 4.78 is 4.88. The van der Waals surface area contributed by atoms with E-state index in [1.165, 1.54) is 15.9 Å². The number of carboxylic acids is 1. The third-order valence-corrected chi connectivity index (χ3v) is 3.09. The number of amides is 3. The lowest BCUT2D eigenvalue weighted by atomic mass is 10.2. The fraction of sp³-hybridized carbons (Fsp3) is 0.615. The SMILES string of the molecule is C=CCC(NC(=O)N1CCN(C(=O)OCC)CC1)C(=O)O. The first-order valence-electron chi connectivity index (χ1n) is 6.80. The van der Waals surface area contributed by atoms with Crippen LogP contribution >= 0.6 is 0 Å². The first kappa shape index (κ1) is 16.8. The molecule has 1 saturated heterocycles. The number of piperazine rings is 1. The Morgan fingerprint density at radius 2 is 1.86 bits per heavy atom. The number of hydrogen-bond acceptors (Lipinski definition) is 4. The van der Waals surface area contributed by atoms with Gasteiger partial charge in [-0.2, -0.15) is 0 Å². The van der Waals surface area contributed by atoms with Crippen molar-refractivity contribution in [3.05, 3.63) is 12.7 Å². The molecule has 8 nitrogen and oxygen atoms in total. The first-order valence-corrected chi connectivity index (χ1v) is 6.80. The quantitative estimate of drug-likeness (QED) is 0.720. The predicted octanol–water partition coefficient (Wildman–Crippen LogP) is 0.499. The summed E-state index contributed by atoms with van der Waals surface area (Å²) in [5.74, 6) is -1.10. The maximum absolute atomic E-state index is 12.0. The molecule has 0 radical (unpaired) electrons. The van der Waals surface area contributed by atoms with Gasteiger partial charge in [-0.25, -0.2) is 14.4 Å². The van der Waals surface area contributed by atoms with Crippen LogP contribution < -0.4 is 5.32 Å². The Bertz CT molecular complexity index is 405. The average Bonchev–Trinajstić information content (AvgIpc) is 2.47. The highest BCUT2D eigenvalue weighted by molar-refractivity contribution is 5.82. The second-order valence-corrected chi connectivity index (χ2v) is 4.54. The molecule has 0 saturated carbocycles. The summed E-state index contributed by atoms with van der Waals surface area (Å²) in [7, 11) is 0. The van der Waals surface area contributed by atoms with Gasteiger partial charge in [-0.05, 0) is 13.3 Å². The van der Waals surface area contributed by atoms with E-state index in [4.69, 9.17) is 9.84 Å². The Labute approximate surface area is 123 Å². The van der Waals surface area contributed by atoms with E-state index in [2.05, 4.69) is 11.9 Å². The van der Waals surface area contributed by atoms with Crippen molar-refractivity contribution < 1.29 is 24.2 Å². The number of nitrogens with zero attached hydrogens (tertiary/aromatic N) is 2. The molecule has 0 aliphatic carbocycles. The van der Waals surface area contributed by atoms with Crippen LogP contribution in [0.3, 0.4) is 0 Å². The molecule has 0 bridgehead atoms. The van der Waals surface area contributed by atoms with Crippen LogP contribution in [0.5, 0.6) is 0 Å². The van der Waals surface area contributed by atoms with Gasteiger partial charge >= 0.3 is 18.1 Å². The Balaban J connectivity index is 2.46. The summed E-state index contributed by atoms with van der Waals surface area (Å²) in [5.41, 5.74) is 0. The maximum atomic E-state index is 12.0. The molecule has 118 valence electrons. The topological polar surface area (TPSA) is 99.2 Å². The van der Waals surface area contributed by atoms with Crippen LogP contribution in [0.4, 0.5) is 9.59 Å². The molecule has 1 rings (SSSR count). The summed E-state index contributed by atoms with van der Waals surface area (Å²) in [6.45, 7) is 6.91. The van der Waals surface area contributed by atoms with Crippen LogP contribution in [0.1, 0.15) is 13.3 Å². The van der Waals surface area contributed by atoms with Crippen LogP contribution in [-0.2, 0) is 9.53 Å². The summed E-state index contributed by atoms with van der Waals surface area (Å²) >= 11 is 0. The van der Waals surface area contributed by atoms with Crippen molar-refractivity contribution in [1.82, 2.24) is 15.1 Å². The Hall–Kier alpha value is -2.25. The van der Waals surface area contributed by atoms with Crippen LogP contribution in [0, 0.1) is 0 Å². The summed E-state index contributed by atoms with van der Waals surface area (Å²) in [6, 6.07) is -1.44. The number of urea groups is 1. The van der Waals surface area contributed by atoms with Crippen molar-refractivity contribution in [3.63, 3.8) is 0 Å². The zero-order chi connectivity index (χ0) is 15.8. The van der Waals surface area contributed by atoms with E-state index in [0.717, 1.165) is 0 Å². The number of hydrogen-bond donors (Lipinski definition) is 2. The smallest absolute Gasteiger partial charge is 0.409 e. The van der Waals surface area contributed by atoms with Gasteiger partial charge in [0.05, 0.1) is 6.61 Å². The molecule has 1 atom stereocenters. The van der Waals surface area contributed by atoms with Gasteiger partial charge in [-0.15, -0.1) is 6.58 Å². The summed E-state index contributed by atoms with van der Waals surface area (Å²) in [5, 5.41) is 11.4. The van der Waals surface area contributed by atoms with Crippen LogP contribution in [0.25, 0.3) is 0 Å². The zero-order valence-corrected chi connectivity index (χ0v) is 12.1. The minimum Gasteiger partial charge on any atom is -0.480 e. The van der Waals surface area contributed by atoms with Crippen LogP contribution in [-0.4, -0.2) is 71.8 Å². The molecule has 0 spiro atoms. The van der Waals surface area contributed by atoms with E-state index in [-0.39, 0.29) is 6.42 Å². The van der Waals surface area contributed by atoms with Gasteiger partial charge in [0.1, 0.15) is 6.04 Å². The molecule has 1 fully saturated rings. The predicted molar refractivity (Wildman–Crippen MR) is 74.9 cm³/mol. The van der Waals surface area contributed by atoms with Gasteiger partial charge in [0, 0.05) is 26.2 Å². The number of carbonyl (C=O) groups is 3. The zero-order valence-electron chi connectivity index (χ0n) is 12.1. The van der Waals surface area contributed by atoms with Crippen molar-refractivity contribution in [2.45, 2.75) is 19.4 Å². The lowest BCUT2D eigenvalue weighted by Crippen LogP contribution is -2.55. The van der Waals surface area contributed by atoms with Crippen LogP contribution in [0.15, 0.2) is 12.7 Å². The minimum atomic E-state index is -1.10. The van der Waals surface area contributed by atoms with E-state index >= 15 is 0 Å². The first-order chi connectivity index (χ1) is 9.99. The standard InChI is InChI=1S/C13H21N3O5/c1-3-5-10(11(17)18)14-12(19)15-6-8-16(9-7-15)13(20)21-4-2/h3,10H,1,4-9H2,2H3,(H,14,19)(H,17,18). The van der Waals surface area contributed by atoms with Gasteiger partial charge in [-0.1, -0.05) is 6.08 Å². The second-order valence-electron chi connectivity index (χ2n) is 4.54. The van der Waals surface area contributed by atoms with Gasteiger partial charge in [0.2, 0.25) is 0 Å². The molecule has 1 aliphatic rings. The normalized spacial score (nSPS) is 16.0.